The maximum absolute atomic E-state index is 13.0. The summed E-state index contributed by atoms with van der Waals surface area (Å²) in [7, 11) is 3.42. The largest absolute Gasteiger partial charge is 0.497 e. The van der Waals surface area contributed by atoms with Crippen molar-refractivity contribution in [2.75, 3.05) is 96.1 Å². The predicted molar refractivity (Wildman–Crippen MR) is 241 cm³/mol. The Kier molecular flexibility index (Phi) is 16.6. The van der Waals surface area contributed by atoms with Crippen molar-refractivity contribution < 1.29 is 23.3 Å². The van der Waals surface area contributed by atoms with Gasteiger partial charge in [0.05, 0.1) is 27.4 Å². The Bertz CT molecular complexity index is 2180. The smallest absolute Gasteiger partial charge is 0.205 e. The van der Waals surface area contributed by atoms with Gasteiger partial charge in [-0.2, -0.15) is 13.7 Å². The third kappa shape index (κ3) is 13.9. The second-order valence-electron chi connectivity index (χ2n) is 14.9. The molecule has 0 atom stereocenters. The van der Waals surface area contributed by atoms with Crippen LogP contribution in [0.5, 0.6) is 17.2 Å². The van der Waals surface area contributed by atoms with E-state index in [-0.39, 0.29) is 12.4 Å². The molecule has 6 aromatic rings. The van der Waals surface area contributed by atoms with Crippen LogP contribution in [0.25, 0.3) is 0 Å². The van der Waals surface area contributed by atoms with Gasteiger partial charge in [-0.3, -0.25) is 9.80 Å². The highest BCUT2D eigenvalue weighted by atomic mass is 32.1. The summed E-state index contributed by atoms with van der Waals surface area (Å²) in [4.78, 5) is 19.0. The summed E-state index contributed by atoms with van der Waals surface area (Å²) in [6.45, 7) is 11.6. The molecule has 4 heterocycles. The van der Waals surface area contributed by atoms with E-state index in [0.29, 0.717) is 24.8 Å². The molecule has 2 aromatic heterocycles. The van der Waals surface area contributed by atoms with Gasteiger partial charge in [0, 0.05) is 94.9 Å². The maximum atomic E-state index is 13.0. The van der Waals surface area contributed by atoms with Gasteiger partial charge in [-0.05, 0) is 78.1 Å². The molecule has 0 radical (unpaired) electrons. The van der Waals surface area contributed by atoms with E-state index in [1.807, 2.05) is 36.4 Å². The number of piperazine rings is 2. The molecule has 322 valence electrons. The van der Waals surface area contributed by atoms with E-state index in [0.717, 1.165) is 112 Å². The summed E-state index contributed by atoms with van der Waals surface area (Å²) in [5, 5.41) is 1.96. The summed E-state index contributed by atoms with van der Waals surface area (Å²) in [6.07, 6.45) is 2.81. The van der Waals surface area contributed by atoms with E-state index in [1.165, 1.54) is 51.9 Å². The molecule has 4 aromatic carbocycles. The molecule has 12 nitrogen and oxygen atoms in total. The van der Waals surface area contributed by atoms with Crippen molar-refractivity contribution in [3.63, 3.8) is 0 Å². The Labute approximate surface area is 366 Å². The summed E-state index contributed by atoms with van der Waals surface area (Å²) in [6, 6.07) is 32.8. The van der Waals surface area contributed by atoms with Crippen LogP contribution in [0.1, 0.15) is 28.3 Å². The zero-order valence-electron chi connectivity index (χ0n) is 35.0. The molecule has 61 heavy (non-hydrogen) atoms. The van der Waals surface area contributed by atoms with Crippen molar-refractivity contribution in [3.8, 4) is 17.2 Å². The Hall–Kier alpha value is -5.19. The number of aromatic nitrogens is 4. The Morgan fingerprint density at radius 3 is 1.62 bits per heavy atom. The number of rotatable bonds is 18. The van der Waals surface area contributed by atoms with Crippen LogP contribution >= 0.6 is 23.1 Å². The molecular weight excluding hydrogens is 812 g/mol. The summed E-state index contributed by atoms with van der Waals surface area (Å²) < 4.78 is 43.9. The lowest BCUT2D eigenvalue weighted by molar-refractivity contribution is 0.123. The van der Waals surface area contributed by atoms with Crippen LogP contribution in [0.15, 0.2) is 103 Å². The minimum Gasteiger partial charge on any atom is -0.497 e. The minimum absolute atomic E-state index is 0.279. The molecular formula is C46H55FN8O4S2. The first kappa shape index (κ1) is 43.9. The fourth-order valence-corrected chi connectivity index (χ4v) is 8.56. The van der Waals surface area contributed by atoms with Gasteiger partial charge in [-0.15, -0.1) is 0 Å². The van der Waals surface area contributed by atoms with E-state index in [9.17, 15) is 4.39 Å². The minimum atomic E-state index is -0.279. The molecule has 2 fully saturated rings. The van der Waals surface area contributed by atoms with Crippen LogP contribution in [-0.4, -0.2) is 115 Å². The van der Waals surface area contributed by atoms with Gasteiger partial charge in [0.2, 0.25) is 10.3 Å². The molecule has 2 aliphatic rings. The zero-order valence-corrected chi connectivity index (χ0v) is 36.7. The van der Waals surface area contributed by atoms with E-state index in [4.69, 9.17) is 23.9 Å². The number of anilines is 2. The fourth-order valence-electron chi connectivity index (χ4n) is 7.07. The second kappa shape index (κ2) is 23.1. The van der Waals surface area contributed by atoms with Gasteiger partial charge < -0.3 is 28.7 Å². The average molecular weight is 867 g/mol. The molecule has 0 spiro atoms. The molecule has 0 saturated carbocycles. The molecule has 0 unspecified atom stereocenters. The van der Waals surface area contributed by atoms with Crippen molar-refractivity contribution in [2.24, 2.45) is 0 Å². The Morgan fingerprint density at radius 1 is 0.541 bits per heavy atom. The summed E-state index contributed by atoms with van der Waals surface area (Å²) in [5.74, 6) is 3.71. The average Bonchev–Trinajstić information content (AvgIpc) is 4.01. The molecule has 8 rings (SSSR count). The van der Waals surface area contributed by atoms with Crippen molar-refractivity contribution in [1.29, 1.82) is 0 Å². The van der Waals surface area contributed by atoms with Crippen molar-refractivity contribution in [2.45, 2.75) is 32.5 Å². The monoisotopic (exact) mass is 866 g/mol. The molecule has 0 bridgehead atoms. The maximum Gasteiger partial charge on any atom is 0.205 e. The second-order valence-corrected chi connectivity index (χ2v) is 16.3. The lowest BCUT2D eigenvalue weighted by Gasteiger charge is -2.34. The van der Waals surface area contributed by atoms with Gasteiger partial charge in [0.1, 0.15) is 35.5 Å². The molecule has 2 saturated heterocycles. The van der Waals surface area contributed by atoms with Crippen LogP contribution in [0.3, 0.4) is 0 Å². The molecule has 2 aliphatic heterocycles. The van der Waals surface area contributed by atoms with E-state index < -0.39 is 0 Å². The topological polar surface area (TPSA) is 101 Å². The first-order chi connectivity index (χ1) is 30.0. The van der Waals surface area contributed by atoms with Crippen LogP contribution in [0.2, 0.25) is 0 Å². The normalized spacial score (nSPS) is 14.7. The first-order valence-electron chi connectivity index (χ1n) is 20.9. The highest BCUT2D eigenvalue weighted by molar-refractivity contribution is 7.10. The quantitative estimate of drug-likeness (QED) is 0.0811. The lowest BCUT2D eigenvalue weighted by Crippen LogP contribution is -2.47. The van der Waals surface area contributed by atoms with Crippen LogP contribution in [-0.2, 0) is 37.2 Å². The zero-order chi connectivity index (χ0) is 42.1. The molecule has 0 aliphatic carbocycles. The number of methoxy groups -OCH3 is 2. The van der Waals surface area contributed by atoms with E-state index >= 15 is 0 Å². The third-order valence-corrected chi connectivity index (χ3v) is 12.3. The van der Waals surface area contributed by atoms with Gasteiger partial charge in [0.15, 0.2) is 5.82 Å². The number of ether oxygens (including phenoxy) is 4. The molecule has 0 amide bonds. The molecule has 15 heteroatoms. The fraction of sp³-hybridized carbons (Fsp3) is 0.391. The SMILES string of the molecule is COc1cccc(CCN2CCN(c3nc(CCOCc4ccccc4)ns3)CC2)c1.COc1cccc(CCN2CCN(c3nc(COc4ccc(F)cc4)ns3)CC2)c1. The van der Waals surface area contributed by atoms with Gasteiger partial charge in [-0.1, -0.05) is 54.6 Å². The van der Waals surface area contributed by atoms with Gasteiger partial charge >= 0.3 is 0 Å². The summed E-state index contributed by atoms with van der Waals surface area (Å²) >= 11 is 2.90. The Morgan fingerprint density at radius 2 is 1.07 bits per heavy atom. The van der Waals surface area contributed by atoms with Crippen LogP contribution < -0.4 is 24.0 Å². The van der Waals surface area contributed by atoms with Crippen molar-refractivity contribution in [3.05, 3.63) is 137 Å². The van der Waals surface area contributed by atoms with Gasteiger partial charge in [-0.25, -0.2) is 9.37 Å². The number of benzene rings is 4. The van der Waals surface area contributed by atoms with Crippen LogP contribution in [0.4, 0.5) is 14.7 Å². The highest BCUT2D eigenvalue weighted by Gasteiger charge is 2.21. The number of nitrogens with zero attached hydrogens (tertiary/aromatic N) is 8. The van der Waals surface area contributed by atoms with Crippen molar-refractivity contribution >= 4 is 33.3 Å². The highest BCUT2D eigenvalue weighted by Crippen LogP contribution is 2.23. The number of hydrogen-bond acceptors (Lipinski definition) is 14. The van der Waals surface area contributed by atoms with E-state index in [1.54, 1.807) is 26.4 Å². The number of hydrogen-bond donors (Lipinski definition) is 0. The lowest BCUT2D eigenvalue weighted by atomic mass is 10.1. The third-order valence-electron chi connectivity index (χ3n) is 10.7. The summed E-state index contributed by atoms with van der Waals surface area (Å²) in [5.41, 5.74) is 3.82. The molecule has 0 N–H and O–H groups in total. The Balaban J connectivity index is 0.000000184. The van der Waals surface area contributed by atoms with E-state index in [2.05, 4.69) is 75.8 Å². The van der Waals surface area contributed by atoms with Crippen molar-refractivity contribution in [1.82, 2.24) is 28.5 Å². The first-order valence-corrected chi connectivity index (χ1v) is 22.4. The van der Waals surface area contributed by atoms with Crippen LogP contribution in [0, 0.1) is 5.82 Å². The van der Waals surface area contributed by atoms with Gasteiger partial charge in [0.25, 0.3) is 0 Å². The standard InChI is InChI=1S/C24H30N4O2S.C22H25FN4O2S/c1-29-22-9-5-8-20(18-22)10-12-27-13-15-28(16-14-27)24-25-23(26-31-24)11-17-30-19-21-6-3-2-4-7-21;1-28-20-4-2-3-17(15-20)9-10-26-11-13-27(14-12-26)22-24-21(25-30-22)16-29-19-7-5-18(23)6-8-19/h2-9,18H,10-17,19H2,1H3;2-8,15H,9-14,16H2,1H3. The number of halogens is 1. The predicted octanol–water partition coefficient (Wildman–Crippen LogP) is 7.30.